The normalized spacial score (nSPS) is 12.7. The molecule has 2 unspecified atom stereocenters. The Balaban J connectivity index is 0.0000260. The van der Waals surface area contributed by atoms with Crippen LogP contribution in [0.3, 0.4) is 0 Å². The molecule has 0 bridgehead atoms. The predicted octanol–water partition coefficient (Wildman–Crippen LogP) is 7.50. The van der Waals surface area contributed by atoms with Crippen molar-refractivity contribution in [1.29, 1.82) is 0 Å². The van der Waals surface area contributed by atoms with Crippen LogP contribution in [0.15, 0.2) is 18.2 Å². The van der Waals surface area contributed by atoms with Gasteiger partial charge in [-0.2, -0.15) is 0 Å². The van der Waals surface area contributed by atoms with Crippen LogP contribution in [0.25, 0.3) is 0 Å². The van der Waals surface area contributed by atoms with Crippen molar-refractivity contribution in [2.24, 2.45) is 17.4 Å². The van der Waals surface area contributed by atoms with Crippen LogP contribution in [0.1, 0.15) is 148 Å². The largest absolute Gasteiger partial charge is 0.494 e. The van der Waals surface area contributed by atoms with E-state index in [-0.39, 0.29) is 24.5 Å². The fourth-order valence-electron chi connectivity index (χ4n) is 6.45. The minimum absolute atomic E-state index is 0. The fourth-order valence-corrected chi connectivity index (χ4v) is 6.45. The van der Waals surface area contributed by atoms with Gasteiger partial charge in [0.15, 0.2) is 0 Å². The zero-order chi connectivity index (χ0) is 37.0. The molecular weight excluding hydrogens is 666 g/mol. The first-order valence-corrected chi connectivity index (χ1v) is 21.7. The summed E-state index contributed by atoms with van der Waals surface area (Å²) >= 11 is 0. The average Bonchev–Trinajstić information content (AvgIpc) is 3.10. The van der Waals surface area contributed by atoms with Gasteiger partial charge in [0.25, 0.3) is 0 Å². The number of nitrogens with one attached hydrogen (secondary N) is 5. The Hall–Kier alpha value is -0.970. The minimum atomic E-state index is 0. The summed E-state index contributed by atoms with van der Waals surface area (Å²) in [6.07, 6.45) is 23.2. The van der Waals surface area contributed by atoms with Crippen molar-refractivity contribution in [1.82, 2.24) is 26.6 Å². The summed E-state index contributed by atoms with van der Waals surface area (Å²) < 4.78 is 6.26. The van der Waals surface area contributed by atoms with Gasteiger partial charge in [0.1, 0.15) is 5.75 Å². The molecule has 0 heterocycles. The number of ether oxygens (including phenoxy) is 1. The molecule has 52 heavy (non-hydrogen) atoms. The van der Waals surface area contributed by atoms with E-state index in [1.807, 2.05) is 0 Å². The van der Waals surface area contributed by atoms with E-state index in [1.54, 1.807) is 0 Å². The summed E-state index contributed by atoms with van der Waals surface area (Å²) in [4.78, 5) is 0. The highest BCUT2D eigenvalue weighted by Gasteiger charge is 2.11. The third-order valence-corrected chi connectivity index (χ3v) is 9.55. The number of nitrogens with two attached hydrogens (primary N) is 2. The molecule has 0 aliphatic carbocycles. The van der Waals surface area contributed by atoms with Crippen molar-refractivity contribution >= 4 is 12.4 Å². The van der Waals surface area contributed by atoms with E-state index in [2.05, 4.69) is 72.5 Å². The maximum absolute atomic E-state index is 6.65. The summed E-state index contributed by atoms with van der Waals surface area (Å²) in [6, 6.07) is 6.93. The van der Waals surface area contributed by atoms with E-state index in [0.717, 1.165) is 116 Å². The van der Waals surface area contributed by atoms with Crippen molar-refractivity contribution in [2.45, 2.75) is 162 Å². The second-order valence-corrected chi connectivity index (χ2v) is 15.5. The fraction of sp³-hybridized carbons (Fsp3) is 0.860. The highest BCUT2D eigenvalue weighted by atomic mass is 35.5. The van der Waals surface area contributed by atoms with Crippen LogP contribution in [-0.4, -0.2) is 84.1 Å². The van der Waals surface area contributed by atoms with Gasteiger partial charge in [-0.15, -0.1) is 12.4 Å². The van der Waals surface area contributed by atoms with Crippen LogP contribution in [-0.2, 0) is 12.8 Å². The van der Waals surface area contributed by atoms with Crippen molar-refractivity contribution in [3.05, 3.63) is 29.3 Å². The van der Waals surface area contributed by atoms with Crippen LogP contribution in [0.4, 0.5) is 0 Å². The molecule has 0 saturated carbocycles. The van der Waals surface area contributed by atoms with Gasteiger partial charge in [-0.05, 0) is 152 Å². The number of benzene rings is 1. The van der Waals surface area contributed by atoms with Crippen LogP contribution >= 0.6 is 12.4 Å². The Morgan fingerprint density at radius 1 is 0.500 bits per heavy atom. The number of hydrogen-bond acceptors (Lipinski definition) is 8. The lowest BCUT2D eigenvalue weighted by atomic mass is 9.97. The molecule has 0 spiro atoms. The van der Waals surface area contributed by atoms with Crippen LogP contribution < -0.4 is 42.8 Å². The molecule has 9 N–H and O–H groups in total. The lowest BCUT2D eigenvalue weighted by molar-refractivity contribution is 0.306. The Morgan fingerprint density at radius 3 is 1.37 bits per heavy atom. The third-order valence-electron chi connectivity index (χ3n) is 9.55. The summed E-state index contributed by atoms with van der Waals surface area (Å²) in [6.45, 7) is 20.2. The van der Waals surface area contributed by atoms with Crippen LogP contribution in [0.2, 0.25) is 0 Å². The van der Waals surface area contributed by atoms with Crippen LogP contribution in [0, 0.1) is 5.92 Å². The molecule has 1 aromatic rings. The van der Waals surface area contributed by atoms with E-state index in [0.29, 0.717) is 12.5 Å². The number of hydrogen-bond donors (Lipinski definition) is 7. The monoisotopic (exact) mass is 754 g/mol. The Labute approximate surface area is 329 Å². The molecule has 0 aliphatic heterocycles. The van der Waals surface area contributed by atoms with Crippen LogP contribution in [0.5, 0.6) is 5.75 Å². The first kappa shape index (κ1) is 51.0. The lowest BCUT2D eigenvalue weighted by Crippen LogP contribution is -2.30. The van der Waals surface area contributed by atoms with Crippen molar-refractivity contribution in [3.8, 4) is 5.75 Å². The molecule has 0 aliphatic rings. The molecular formula is C43H88ClN7O. The molecule has 1 rings (SSSR count). The highest BCUT2D eigenvalue weighted by Crippen LogP contribution is 2.21. The van der Waals surface area contributed by atoms with E-state index in [1.165, 1.54) is 88.2 Å². The molecule has 9 heteroatoms. The highest BCUT2D eigenvalue weighted by molar-refractivity contribution is 5.85. The standard InChI is InChI=1S/C43H87N7O.ClH/c1-5-7-9-11-13-15-22-46-24-17-26-48-29-20-41(44)33-39-32-40(36-43(35-39)51-31-19-28-50-37-38(3)4)34-42(45)21-30-49-27-18-25-47-23-16-14-12-10-8-6-2;/h32,35-36,38,41-42,46-50H,5-31,33-34,37,44-45H2,1-4H3;1H. The van der Waals surface area contributed by atoms with Gasteiger partial charge in [-0.1, -0.05) is 98.0 Å². The smallest absolute Gasteiger partial charge is 0.119 e. The predicted molar refractivity (Wildman–Crippen MR) is 232 cm³/mol. The van der Waals surface area contributed by atoms with Crippen molar-refractivity contribution in [3.63, 3.8) is 0 Å². The van der Waals surface area contributed by atoms with E-state index >= 15 is 0 Å². The van der Waals surface area contributed by atoms with Gasteiger partial charge >= 0.3 is 0 Å². The quantitative estimate of drug-likeness (QED) is 0.0346. The van der Waals surface area contributed by atoms with Gasteiger partial charge < -0.3 is 42.8 Å². The summed E-state index contributed by atoms with van der Waals surface area (Å²) in [5.74, 6) is 1.61. The molecule has 308 valence electrons. The number of unbranched alkanes of at least 4 members (excludes halogenated alkanes) is 10. The Kier molecular flexibility index (Phi) is 37.6. The topological polar surface area (TPSA) is 121 Å². The molecule has 0 saturated heterocycles. The Bertz CT molecular complexity index is 822. The summed E-state index contributed by atoms with van der Waals surface area (Å²) in [5, 5.41) is 17.9. The van der Waals surface area contributed by atoms with Gasteiger partial charge in [0.05, 0.1) is 6.61 Å². The maximum atomic E-state index is 6.65. The minimum Gasteiger partial charge on any atom is -0.494 e. The molecule has 8 nitrogen and oxygen atoms in total. The summed E-state index contributed by atoms with van der Waals surface area (Å²) in [5.41, 5.74) is 15.8. The van der Waals surface area contributed by atoms with Crippen molar-refractivity contribution in [2.75, 3.05) is 72.1 Å². The van der Waals surface area contributed by atoms with Gasteiger partial charge in [-0.25, -0.2) is 0 Å². The number of rotatable bonds is 39. The van der Waals surface area contributed by atoms with Crippen molar-refractivity contribution < 1.29 is 4.74 Å². The zero-order valence-corrected chi connectivity index (χ0v) is 35.5. The van der Waals surface area contributed by atoms with E-state index in [9.17, 15) is 0 Å². The van der Waals surface area contributed by atoms with Gasteiger partial charge in [-0.3, -0.25) is 0 Å². The summed E-state index contributed by atoms with van der Waals surface area (Å²) in [7, 11) is 0. The first-order valence-electron chi connectivity index (χ1n) is 21.7. The SMILES string of the molecule is CCCCCCCCNCCCNCCC(N)Cc1cc(CC(N)CCNCCCNCCCCCCCC)cc(OCCCNCC(C)C)c1.Cl. The number of halogens is 1. The van der Waals surface area contributed by atoms with E-state index < -0.39 is 0 Å². The average molecular weight is 755 g/mol. The molecule has 0 fully saturated rings. The molecule has 0 amide bonds. The zero-order valence-electron chi connectivity index (χ0n) is 34.6. The second-order valence-electron chi connectivity index (χ2n) is 15.5. The third kappa shape index (κ3) is 33.6. The molecule has 0 aromatic heterocycles. The van der Waals surface area contributed by atoms with Gasteiger partial charge in [0.2, 0.25) is 0 Å². The Morgan fingerprint density at radius 2 is 0.904 bits per heavy atom. The first-order chi connectivity index (χ1) is 24.9. The second kappa shape index (κ2) is 38.3. The van der Waals surface area contributed by atoms with E-state index in [4.69, 9.17) is 16.2 Å². The molecule has 2 atom stereocenters. The lowest BCUT2D eigenvalue weighted by Gasteiger charge is -2.17. The molecule has 0 radical (unpaired) electrons. The van der Waals surface area contributed by atoms with Gasteiger partial charge in [0, 0.05) is 12.1 Å². The maximum Gasteiger partial charge on any atom is 0.119 e. The molecule has 1 aromatic carbocycles.